The van der Waals surface area contributed by atoms with Crippen LogP contribution in [0, 0.1) is 0 Å². The van der Waals surface area contributed by atoms with E-state index >= 15 is 0 Å². The fraction of sp³-hybridized carbons (Fsp3) is 0.0526. The Hall–Kier alpha value is -3.03. The minimum atomic E-state index is -3.73. The molecule has 0 aliphatic carbocycles. The standard InChI is InChI=1S/C19H17N3O3S/c23-19(22-18-11-4-5-12-20-18)16-9-6-10-17(13-16)26(24,25)21-14-15-7-2-1-3-8-15/h1-13,21H,14H2,(H,20,22,23). The first-order valence-corrected chi connectivity index (χ1v) is 9.39. The summed E-state index contributed by atoms with van der Waals surface area (Å²) >= 11 is 0. The van der Waals surface area contributed by atoms with Crippen molar-refractivity contribution in [3.63, 3.8) is 0 Å². The second-order valence-corrected chi connectivity index (χ2v) is 7.27. The van der Waals surface area contributed by atoms with Crippen LogP contribution in [0.4, 0.5) is 5.82 Å². The number of nitrogens with zero attached hydrogens (tertiary/aromatic N) is 1. The lowest BCUT2D eigenvalue weighted by atomic mass is 10.2. The number of hydrogen-bond acceptors (Lipinski definition) is 4. The topological polar surface area (TPSA) is 88.2 Å². The van der Waals surface area contributed by atoms with Gasteiger partial charge in [-0.2, -0.15) is 0 Å². The van der Waals surface area contributed by atoms with Gasteiger partial charge in [0.05, 0.1) is 4.90 Å². The van der Waals surface area contributed by atoms with Crippen LogP contribution in [0.25, 0.3) is 0 Å². The molecule has 1 aromatic heterocycles. The number of carbonyl (C=O) groups is 1. The molecule has 3 aromatic rings. The molecule has 132 valence electrons. The second kappa shape index (κ2) is 7.90. The van der Waals surface area contributed by atoms with Gasteiger partial charge in [0.1, 0.15) is 5.82 Å². The van der Waals surface area contributed by atoms with E-state index in [4.69, 9.17) is 0 Å². The van der Waals surface area contributed by atoms with Crippen molar-refractivity contribution in [2.75, 3.05) is 5.32 Å². The number of rotatable bonds is 6. The summed E-state index contributed by atoms with van der Waals surface area (Å²) in [7, 11) is -3.73. The first kappa shape index (κ1) is 17.8. The first-order chi connectivity index (χ1) is 12.5. The van der Waals surface area contributed by atoms with Crippen molar-refractivity contribution in [3.8, 4) is 0 Å². The molecule has 7 heteroatoms. The molecule has 0 aliphatic heterocycles. The molecule has 0 unspecified atom stereocenters. The number of nitrogens with one attached hydrogen (secondary N) is 2. The number of amides is 1. The lowest BCUT2D eigenvalue weighted by Gasteiger charge is -2.09. The molecule has 6 nitrogen and oxygen atoms in total. The average Bonchev–Trinajstić information content (AvgIpc) is 2.68. The summed E-state index contributed by atoms with van der Waals surface area (Å²) in [4.78, 5) is 16.4. The minimum absolute atomic E-state index is 0.0297. The van der Waals surface area contributed by atoms with E-state index in [2.05, 4.69) is 15.0 Å². The Bertz CT molecular complexity index is 991. The highest BCUT2D eigenvalue weighted by molar-refractivity contribution is 7.89. The van der Waals surface area contributed by atoms with Gasteiger partial charge in [-0.1, -0.05) is 42.5 Å². The number of hydrogen-bond donors (Lipinski definition) is 2. The van der Waals surface area contributed by atoms with Crippen LogP contribution < -0.4 is 10.0 Å². The molecule has 2 aromatic carbocycles. The third-order valence-electron chi connectivity index (χ3n) is 3.62. The van der Waals surface area contributed by atoms with E-state index in [-0.39, 0.29) is 17.0 Å². The van der Waals surface area contributed by atoms with Crippen molar-refractivity contribution in [1.82, 2.24) is 9.71 Å². The SMILES string of the molecule is O=C(Nc1ccccn1)c1cccc(S(=O)(=O)NCc2ccccc2)c1. The van der Waals surface area contributed by atoms with Crippen molar-refractivity contribution in [1.29, 1.82) is 0 Å². The third kappa shape index (κ3) is 4.53. The Labute approximate surface area is 152 Å². The number of aromatic nitrogens is 1. The third-order valence-corrected chi connectivity index (χ3v) is 5.02. The summed E-state index contributed by atoms with van der Waals surface area (Å²) < 4.78 is 27.5. The monoisotopic (exact) mass is 367 g/mol. The predicted molar refractivity (Wildman–Crippen MR) is 99.1 cm³/mol. The zero-order valence-corrected chi connectivity index (χ0v) is 14.6. The Morgan fingerprint density at radius 1 is 0.923 bits per heavy atom. The smallest absolute Gasteiger partial charge is 0.256 e. The van der Waals surface area contributed by atoms with E-state index in [9.17, 15) is 13.2 Å². The van der Waals surface area contributed by atoms with Crippen LogP contribution in [-0.4, -0.2) is 19.3 Å². The molecule has 0 radical (unpaired) electrons. The first-order valence-electron chi connectivity index (χ1n) is 7.91. The van der Waals surface area contributed by atoms with Crippen LogP contribution in [0.2, 0.25) is 0 Å². The average molecular weight is 367 g/mol. The highest BCUT2D eigenvalue weighted by Gasteiger charge is 2.16. The molecule has 26 heavy (non-hydrogen) atoms. The molecule has 3 rings (SSSR count). The maximum absolute atomic E-state index is 12.5. The molecule has 0 saturated heterocycles. The summed E-state index contributed by atoms with van der Waals surface area (Å²) in [5, 5.41) is 2.63. The summed E-state index contributed by atoms with van der Waals surface area (Å²) in [6, 6.07) is 20.2. The van der Waals surface area contributed by atoms with Crippen LogP contribution in [0.5, 0.6) is 0 Å². The molecular formula is C19H17N3O3S. The molecule has 0 fully saturated rings. The maximum Gasteiger partial charge on any atom is 0.256 e. The second-order valence-electron chi connectivity index (χ2n) is 5.51. The molecule has 1 amide bonds. The van der Waals surface area contributed by atoms with Crippen molar-refractivity contribution in [3.05, 3.63) is 90.1 Å². The number of sulfonamides is 1. The summed E-state index contributed by atoms with van der Waals surface area (Å²) in [5.74, 6) is -0.0308. The van der Waals surface area contributed by atoms with Gasteiger partial charge in [-0.05, 0) is 35.9 Å². The molecule has 0 atom stereocenters. The molecule has 1 heterocycles. The molecule has 0 spiro atoms. The lowest BCUT2D eigenvalue weighted by molar-refractivity contribution is 0.102. The largest absolute Gasteiger partial charge is 0.307 e. The summed E-state index contributed by atoms with van der Waals surface area (Å²) in [5.41, 5.74) is 1.08. The molecule has 0 bridgehead atoms. The van der Waals surface area contributed by atoms with Crippen LogP contribution in [0.15, 0.2) is 83.9 Å². The zero-order valence-electron chi connectivity index (χ0n) is 13.8. The highest BCUT2D eigenvalue weighted by Crippen LogP contribution is 2.14. The van der Waals surface area contributed by atoms with Crippen LogP contribution in [0.3, 0.4) is 0 Å². The van der Waals surface area contributed by atoms with Crippen LogP contribution in [0.1, 0.15) is 15.9 Å². The Kier molecular flexibility index (Phi) is 5.40. The van der Waals surface area contributed by atoms with Crippen molar-refractivity contribution < 1.29 is 13.2 Å². The predicted octanol–water partition coefficient (Wildman–Crippen LogP) is 2.81. The summed E-state index contributed by atoms with van der Waals surface area (Å²) in [6.07, 6.45) is 1.56. The van der Waals surface area contributed by atoms with Gasteiger partial charge in [0.15, 0.2) is 0 Å². The highest BCUT2D eigenvalue weighted by atomic mass is 32.2. The molecule has 0 aliphatic rings. The van der Waals surface area contributed by atoms with Crippen LogP contribution >= 0.6 is 0 Å². The van der Waals surface area contributed by atoms with Gasteiger partial charge in [0.2, 0.25) is 10.0 Å². The fourth-order valence-electron chi connectivity index (χ4n) is 2.29. The van der Waals surface area contributed by atoms with E-state index in [1.54, 1.807) is 30.5 Å². The Balaban J connectivity index is 1.74. The van der Waals surface area contributed by atoms with Gasteiger partial charge in [0, 0.05) is 18.3 Å². The quantitative estimate of drug-likeness (QED) is 0.701. The maximum atomic E-state index is 12.5. The number of pyridine rings is 1. The van der Waals surface area contributed by atoms with E-state index in [1.165, 1.54) is 18.2 Å². The zero-order chi connectivity index (χ0) is 18.4. The molecule has 2 N–H and O–H groups in total. The number of carbonyl (C=O) groups excluding carboxylic acids is 1. The van der Waals surface area contributed by atoms with Crippen molar-refractivity contribution in [2.45, 2.75) is 11.4 Å². The number of benzene rings is 2. The van der Waals surface area contributed by atoms with Gasteiger partial charge in [-0.3, -0.25) is 4.79 Å². The fourth-order valence-corrected chi connectivity index (χ4v) is 3.35. The van der Waals surface area contributed by atoms with Gasteiger partial charge in [-0.15, -0.1) is 0 Å². The van der Waals surface area contributed by atoms with Gasteiger partial charge in [0.25, 0.3) is 5.91 Å². The molecular weight excluding hydrogens is 350 g/mol. The van der Waals surface area contributed by atoms with E-state index < -0.39 is 15.9 Å². The molecule has 0 saturated carbocycles. The van der Waals surface area contributed by atoms with E-state index in [1.807, 2.05) is 30.3 Å². The van der Waals surface area contributed by atoms with Gasteiger partial charge in [-0.25, -0.2) is 18.1 Å². The van der Waals surface area contributed by atoms with Crippen molar-refractivity contribution in [2.24, 2.45) is 0 Å². The van der Waals surface area contributed by atoms with Gasteiger partial charge >= 0.3 is 0 Å². The van der Waals surface area contributed by atoms with Crippen LogP contribution in [-0.2, 0) is 16.6 Å². The Morgan fingerprint density at radius 2 is 1.69 bits per heavy atom. The lowest BCUT2D eigenvalue weighted by Crippen LogP contribution is -2.23. The van der Waals surface area contributed by atoms with Crippen molar-refractivity contribution >= 4 is 21.7 Å². The van der Waals surface area contributed by atoms with E-state index in [0.29, 0.717) is 5.82 Å². The minimum Gasteiger partial charge on any atom is -0.307 e. The summed E-state index contributed by atoms with van der Waals surface area (Å²) in [6.45, 7) is 0.174. The number of anilines is 1. The van der Waals surface area contributed by atoms with E-state index in [0.717, 1.165) is 5.56 Å². The normalized spacial score (nSPS) is 11.1. The van der Waals surface area contributed by atoms with Gasteiger partial charge < -0.3 is 5.32 Å². The Morgan fingerprint density at radius 3 is 2.42 bits per heavy atom.